The number of rotatable bonds is 2. The summed E-state index contributed by atoms with van der Waals surface area (Å²) in [6, 6.07) is 8.42. The van der Waals surface area contributed by atoms with Crippen molar-refractivity contribution >= 4 is 11.6 Å². The third-order valence-electron chi connectivity index (χ3n) is 8.47. The van der Waals surface area contributed by atoms with Crippen LogP contribution in [0.25, 0.3) is 0 Å². The van der Waals surface area contributed by atoms with E-state index in [0.29, 0.717) is 23.2 Å². The molecule has 0 saturated heterocycles. The first-order chi connectivity index (χ1) is 13.5. The predicted octanol–water partition coefficient (Wildman–Crippen LogP) is 5.89. The molecule has 5 rings (SSSR count). The molecular weight excluding hydrogens is 344 g/mol. The molecule has 2 heteroatoms. The van der Waals surface area contributed by atoms with E-state index in [1.807, 2.05) is 18.2 Å². The summed E-state index contributed by atoms with van der Waals surface area (Å²) < 4.78 is 0. The van der Waals surface area contributed by atoms with E-state index in [2.05, 4.69) is 25.1 Å². The highest BCUT2D eigenvalue weighted by Gasteiger charge is 2.55. The highest BCUT2D eigenvalue weighted by atomic mass is 16.1. The Labute approximate surface area is 168 Å². The van der Waals surface area contributed by atoms with Crippen LogP contribution in [-0.4, -0.2) is 11.6 Å². The molecule has 0 unspecified atom stereocenters. The van der Waals surface area contributed by atoms with Crippen LogP contribution in [0.5, 0.6) is 0 Å². The maximum atomic E-state index is 12.0. The largest absolute Gasteiger partial charge is 0.295 e. The van der Waals surface area contributed by atoms with Crippen LogP contribution < -0.4 is 0 Å². The number of carbonyl (C=O) groups is 2. The van der Waals surface area contributed by atoms with Crippen molar-refractivity contribution in [2.45, 2.75) is 58.3 Å². The van der Waals surface area contributed by atoms with Crippen molar-refractivity contribution < 1.29 is 9.59 Å². The van der Waals surface area contributed by atoms with Crippen LogP contribution >= 0.6 is 0 Å². The van der Waals surface area contributed by atoms with Crippen LogP contribution in [0.2, 0.25) is 0 Å². The molecule has 0 aromatic heterocycles. The number of allylic oxidation sites excluding steroid dienone is 4. The van der Waals surface area contributed by atoms with E-state index in [0.717, 1.165) is 23.8 Å². The van der Waals surface area contributed by atoms with E-state index in [1.165, 1.54) is 43.2 Å². The topological polar surface area (TPSA) is 34.1 Å². The lowest BCUT2D eigenvalue weighted by molar-refractivity contribution is -0.110. The first-order valence-corrected chi connectivity index (χ1v) is 11.0. The zero-order valence-electron chi connectivity index (χ0n) is 17.0. The monoisotopic (exact) mass is 374 g/mol. The average Bonchev–Trinajstić information content (AvgIpc) is 3.08. The Kier molecular flexibility index (Phi) is 4.23. The molecule has 0 amide bonds. The van der Waals surface area contributed by atoms with Crippen molar-refractivity contribution in [2.75, 3.05) is 0 Å². The second-order valence-electron chi connectivity index (χ2n) is 9.93. The molecule has 4 aliphatic carbocycles. The highest BCUT2D eigenvalue weighted by molar-refractivity contribution is 6.00. The van der Waals surface area contributed by atoms with E-state index in [9.17, 15) is 9.59 Å². The van der Waals surface area contributed by atoms with Gasteiger partial charge in [-0.05, 0) is 85.8 Å². The van der Waals surface area contributed by atoms with Crippen LogP contribution in [0.15, 0.2) is 48.1 Å². The molecule has 1 aromatic carbocycles. The van der Waals surface area contributed by atoms with E-state index in [1.54, 1.807) is 13.0 Å². The van der Waals surface area contributed by atoms with Crippen LogP contribution in [-0.2, 0) is 4.79 Å². The second-order valence-corrected chi connectivity index (χ2v) is 9.93. The third kappa shape index (κ3) is 2.76. The number of hydrogen-bond donors (Lipinski definition) is 0. The lowest BCUT2D eigenvalue weighted by Gasteiger charge is -2.55. The standard InChI is InChI=1S/C26H30O2/c1-16(27)17-5-7-18(8-6-17)23-15-26(2)13-3-4-24(26)22-11-9-19-14-20(28)10-12-21(19)25(22)23/h5-8,10,12,14,21-25H,3-4,9,11,13,15H2,1-2H3/t21-,22-,23+,24-,25+,26-/m0/s1. The molecule has 0 radical (unpaired) electrons. The summed E-state index contributed by atoms with van der Waals surface area (Å²) in [7, 11) is 0. The molecular formula is C26H30O2. The molecule has 4 aliphatic rings. The number of hydrogen-bond acceptors (Lipinski definition) is 2. The minimum Gasteiger partial charge on any atom is -0.295 e. The van der Waals surface area contributed by atoms with Gasteiger partial charge in [0.1, 0.15) is 0 Å². The molecule has 0 spiro atoms. The highest BCUT2D eigenvalue weighted by Crippen LogP contribution is 2.65. The summed E-state index contributed by atoms with van der Waals surface area (Å²) in [5, 5.41) is 0. The van der Waals surface area contributed by atoms with Gasteiger partial charge in [-0.25, -0.2) is 0 Å². The van der Waals surface area contributed by atoms with Gasteiger partial charge in [0.15, 0.2) is 11.6 Å². The van der Waals surface area contributed by atoms with Crippen molar-refractivity contribution in [2.24, 2.45) is 29.1 Å². The summed E-state index contributed by atoms with van der Waals surface area (Å²) in [6.45, 7) is 4.17. The van der Waals surface area contributed by atoms with E-state index in [-0.39, 0.29) is 11.6 Å². The number of Topliss-reactive ketones (excluding diaryl/α,β-unsaturated/α-hetero) is 1. The fourth-order valence-corrected chi connectivity index (χ4v) is 7.26. The molecule has 1 aromatic rings. The van der Waals surface area contributed by atoms with Crippen molar-refractivity contribution in [3.8, 4) is 0 Å². The molecule has 3 saturated carbocycles. The van der Waals surface area contributed by atoms with Gasteiger partial charge in [0.25, 0.3) is 0 Å². The minimum absolute atomic E-state index is 0.132. The summed E-state index contributed by atoms with van der Waals surface area (Å²) in [5.41, 5.74) is 3.99. The van der Waals surface area contributed by atoms with Gasteiger partial charge in [0.2, 0.25) is 0 Å². The van der Waals surface area contributed by atoms with Gasteiger partial charge in [-0.2, -0.15) is 0 Å². The van der Waals surface area contributed by atoms with Gasteiger partial charge in [-0.1, -0.05) is 49.3 Å². The fraction of sp³-hybridized carbons (Fsp3) is 0.538. The maximum absolute atomic E-state index is 12.0. The average molecular weight is 375 g/mol. The van der Waals surface area contributed by atoms with Crippen molar-refractivity contribution in [1.29, 1.82) is 0 Å². The first kappa shape index (κ1) is 18.1. The summed E-state index contributed by atoms with van der Waals surface area (Å²) in [4.78, 5) is 23.7. The van der Waals surface area contributed by atoms with Gasteiger partial charge < -0.3 is 0 Å². The van der Waals surface area contributed by atoms with Crippen molar-refractivity contribution in [3.05, 3.63) is 59.2 Å². The van der Waals surface area contributed by atoms with Crippen LogP contribution in [0.1, 0.15) is 74.2 Å². The molecule has 0 N–H and O–H groups in total. The van der Waals surface area contributed by atoms with Gasteiger partial charge in [0.05, 0.1) is 0 Å². The van der Waals surface area contributed by atoms with Crippen molar-refractivity contribution in [1.82, 2.24) is 0 Å². The molecule has 0 aliphatic heterocycles. The lowest BCUT2D eigenvalue weighted by atomic mass is 9.49. The number of benzene rings is 1. The van der Waals surface area contributed by atoms with Crippen LogP contribution in [0, 0.1) is 29.1 Å². The minimum atomic E-state index is 0.132. The van der Waals surface area contributed by atoms with Gasteiger partial charge >= 0.3 is 0 Å². The van der Waals surface area contributed by atoms with E-state index in [4.69, 9.17) is 0 Å². The zero-order chi connectivity index (χ0) is 19.5. The number of ketones is 2. The molecule has 3 fully saturated rings. The number of fused-ring (bicyclic) bond motifs is 5. The molecule has 0 heterocycles. The summed E-state index contributed by atoms with van der Waals surface area (Å²) >= 11 is 0. The van der Waals surface area contributed by atoms with E-state index < -0.39 is 0 Å². The normalized spacial score (nSPS) is 39.0. The molecule has 146 valence electrons. The Morgan fingerprint density at radius 1 is 1.14 bits per heavy atom. The van der Waals surface area contributed by atoms with Gasteiger partial charge in [-0.15, -0.1) is 0 Å². The third-order valence-corrected chi connectivity index (χ3v) is 8.47. The summed E-state index contributed by atoms with van der Waals surface area (Å²) in [6.07, 6.45) is 13.6. The Balaban J connectivity index is 1.57. The first-order valence-electron chi connectivity index (χ1n) is 11.0. The van der Waals surface area contributed by atoms with Crippen LogP contribution in [0.3, 0.4) is 0 Å². The zero-order valence-corrected chi connectivity index (χ0v) is 17.0. The molecule has 0 bridgehead atoms. The fourth-order valence-electron chi connectivity index (χ4n) is 7.26. The Morgan fingerprint density at radius 3 is 2.68 bits per heavy atom. The van der Waals surface area contributed by atoms with Gasteiger partial charge in [-0.3, -0.25) is 9.59 Å². The summed E-state index contributed by atoms with van der Waals surface area (Å²) in [5.74, 6) is 3.39. The van der Waals surface area contributed by atoms with Gasteiger partial charge in [0, 0.05) is 11.5 Å². The van der Waals surface area contributed by atoms with Crippen LogP contribution in [0.4, 0.5) is 0 Å². The number of carbonyl (C=O) groups excluding carboxylic acids is 2. The Morgan fingerprint density at radius 2 is 1.93 bits per heavy atom. The quantitative estimate of drug-likeness (QED) is 0.605. The van der Waals surface area contributed by atoms with Crippen molar-refractivity contribution in [3.63, 3.8) is 0 Å². The lowest BCUT2D eigenvalue weighted by Crippen LogP contribution is -2.47. The molecule has 2 nitrogen and oxygen atoms in total. The predicted molar refractivity (Wildman–Crippen MR) is 111 cm³/mol. The Hall–Kier alpha value is -1.96. The smallest absolute Gasteiger partial charge is 0.178 e. The second kappa shape index (κ2) is 6.54. The molecule has 28 heavy (non-hydrogen) atoms. The Bertz CT molecular complexity index is 874. The van der Waals surface area contributed by atoms with E-state index >= 15 is 0 Å². The SMILES string of the molecule is CC(=O)c1ccc([C@H]2C[C@]3(C)CCC[C@H]3[C@@H]3CCC4=CC(=O)C=C[C@@H]4[C@H]32)cc1. The maximum Gasteiger partial charge on any atom is 0.178 e. The molecule has 6 atom stereocenters.